The second kappa shape index (κ2) is 17.1. The molecule has 0 saturated heterocycles. The van der Waals surface area contributed by atoms with Crippen molar-refractivity contribution in [1.82, 2.24) is 0 Å². The Bertz CT molecular complexity index is 157. The minimum Gasteiger partial charge on any atom is -0.396 e. The molecule has 0 heterocycles. The molecule has 17 heavy (non-hydrogen) atoms. The minimum atomic E-state index is -1.11. The number of allylic oxidation sites excluding steroid dienone is 2. The smallest absolute Gasteiger partial charge is 0.142 e. The van der Waals surface area contributed by atoms with Gasteiger partial charge in [0.05, 0.1) is 31.8 Å². The van der Waals surface area contributed by atoms with Crippen LogP contribution in [0.5, 0.6) is 0 Å². The molecule has 0 saturated carbocycles. The zero-order chi connectivity index (χ0) is 14.2. The van der Waals surface area contributed by atoms with E-state index in [-0.39, 0.29) is 0 Å². The largest absolute Gasteiger partial charge is 0.396 e. The standard InChI is InChI=1S/C5H12O4.2C3H4O/c6-1-5(2-7,3-8)4-9;2*1-2-3-4/h6-9H,1-4H2;2*2-3H,1H2. The third-order valence-electron chi connectivity index (χ3n) is 1.53. The van der Waals surface area contributed by atoms with Crippen LogP contribution >= 0.6 is 0 Å². The lowest BCUT2D eigenvalue weighted by Gasteiger charge is -2.23. The molecule has 0 radical (unpaired) electrons. The zero-order valence-corrected chi connectivity index (χ0v) is 9.66. The van der Waals surface area contributed by atoms with Crippen molar-refractivity contribution in [1.29, 1.82) is 0 Å². The van der Waals surface area contributed by atoms with E-state index in [0.29, 0.717) is 12.6 Å². The molecule has 0 unspecified atom stereocenters. The molecule has 6 nitrogen and oxygen atoms in total. The highest BCUT2D eigenvalue weighted by Crippen LogP contribution is 2.11. The topological polar surface area (TPSA) is 115 Å². The molecule has 0 spiro atoms. The summed E-state index contributed by atoms with van der Waals surface area (Å²) in [5.74, 6) is 0. The summed E-state index contributed by atoms with van der Waals surface area (Å²) in [6.07, 6.45) is 3.67. The van der Waals surface area contributed by atoms with Crippen LogP contribution < -0.4 is 0 Å². The molecule has 0 aliphatic heterocycles. The highest BCUT2D eigenvalue weighted by atomic mass is 16.3. The summed E-state index contributed by atoms with van der Waals surface area (Å²) in [6.45, 7) is 4.60. The lowest BCUT2D eigenvalue weighted by atomic mass is 9.93. The number of rotatable bonds is 6. The summed E-state index contributed by atoms with van der Waals surface area (Å²) in [5, 5.41) is 34.0. The number of carbonyl (C=O) groups is 2. The third-order valence-corrected chi connectivity index (χ3v) is 1.53. The lowest BCUT2D eigenvalue weighted by Crippen LogP contribution is -2.37. The summed E-state index contributed by atoms with van der Waals surface area (Å²) in [7, 11) is 0. The van der Waals surface area contributed by atoms with E-state index in [9.17, 15) is 0 Å². The molecule has 0 fully saturated rings. The molecular formula is C11H20O6. The van der Waals surface area contributed by atoms with Crippen LogP contribution in [0.2, 0.25) is 0 Å². The fourth-order valence-corrected chi connectivity index (χ4v) is 0.300. The maximum Gasteiger partial charge on any atom is 0.142 e. The maximum absolute atomic E-state index is 9.06. The van der Waals surface area contributed by atoms with Crippen molar-refractivity contribution in [2.24, 2.45) is 5.41 Å². The van der Waals surface area contributed by atoms with E-state index in [1.165, 1.54) is 12.2 Å². The predicted molar refractivity (Wildman–Crippen MR) is 63.3 cm³/mol. The highest BCUT2D eigenvalue weighted by molar-refractivity contribution is 5.63. The Morgan fingerprint density at radius 3 is 0.941 bits per heavy atom. The van der Waals surface area contributed by atoms with Crippen LogP contribution in [0.3, 0.4) is 0 Å². The van der Waals surface area contributed by atoms with Gasteiger partial charge in [-0.05, 0) is 12.2 Å². The SMILES string of the molecule is C=CC=O.C=CC=O.OCC(CO)(CO)CO. The molecule has 0 aromatic heterocycles. The van der Waals surface area contributed by atoms with Crippen LogP contribution in [-0.2, 0) is 9.59 Å². The molecule has 6 heteroatoms. The summed E-state index contributed by atoms with van der Waals surface area (Å²) in [5.41, 5.74) is -1.11. The molecule has 0 atom stereocenters. The van der Waals surface area contributed by atoms with E-state index in [0.717, 1.165) is 0 Å². The second-order valence-electron chi connectivity index (χ2n) is 2.88. The molecule has 0 aliphatic rings. The van der Waals surface area contributed by atoms with Crippen molar-refractivity contribution in [2.45, 2.75) is 0 Å². The first-order valence-electron chi connectivity index (χ1n) is 4.63. The van der Waals surface area contributed by atoms with Gasteiger partial charge in [-0.15, -0.1) is 0 Å². The van der Waals surface area contributed by atoms with Gasteiger partial charge in [-0.3, -0.25) is 9.59 Å². The summed E-state index contributed by atoms with van der Waals surface area (Å²) >= 11 is 0. The molecule has 0 rings (SSSR count). The molecule has 0 amide bonds. The van der Waals surface area contributed by atoms with Gasteiger partial charge >= 0.3 is 0 Å². The van der Waals surface area contributed by atoms with Crippen molar-refractivity contribution < 1.29 is 30.0 Å². The van der Waals surface area contributed by atoms with Crippen LogP contribution in [0.4, 0.5) is 0 Å². The average molecular weight is 248 g/mol. The molecule has 0 bridgehead atoms. The molecule has 0 aliphatic carbocycles. The van der Waals surface area contributed by atoms with Gasteiger partial charge in [-0.1, -0.05) is 13.2 Å². The van der Waals surface area contributed by atoms with Crippen molar-refractivity contribution >= 4 is 12.6 Å². The monoisotopic (exact) mass is 248 g/mol. The normalized spacial score (nSPS) is 8.71. The number of carbonyl (C=O) groups excluding carboxylic acids is 2. The van der Waals surface area contributed by atoms with Crippen molar-refractivity contribution in [3.8, 4) is 0 Å². The van der Waals surface area contributed by atoms with Crippen LogP contribution in [0.15, 0.2) is 25.3 Å². The number of aldehydes is 2. The van der Waals surface area contributed by atoms with Crippen molar-refractivity contribution in [3.63, 3.8) is 0 Å². The van der Waals surface area contributed by atoms with Crippen LogP contribution in [0.25, 0.3) is 0 Å². The van der Waals surface area contributed by atoms with Gasteiger partial charge in [0, 0.05) is 0 Å². The highest BCUT2D eigenvalue weighted by Gasteiger charge is 2.26. The van der Waals surface area contributed by atoms with Gasteiger partial charge in [0.1, 0.15) is 12.6 Å². The van der Waals surface area contributed by atoms with Gasteiger partial charge in [0.25, 0.3) is 0 Å². The van der Waals surface area contributed by atoms with Gasteiger partial charge in [0.15, 0.2) is 0 Å². The van der Waals surface area contributed by atoms with E-state index < -0.39 is 31.8 Å². The summed E-state index contributed by atoms with van der Waals surface area (Å²) < 4.78 is 0. The van der Waals surface area contributed by atoms with Gasteiger partial charge < -0.3 is 20.4 Å². The second-order valence-corrected chi connectivity index (χ2v) is 2.88. The Kier molecular flexibility index (Phi) is 21.1. The van der Waals surface area contributed by atoms with Gasteiger partial charge in [-0.2, -0.15) is 0 Å². The molecule has 0 aromatic rings. The first-order chi connectivity index (χ1) is 8.07. The van der Waals surface area contributed by atoms with Crippen LogP contribution in [-0.4, -0.2) is 59.4 Å². The Labute approximate surface area is 101 Å². The van der Waals surface area contributed by atoms with Crippen molar-refractivity contribution in [3.05, 3.63) is 25.3 Å². The Morgan fingerprint density at radius 2 is 0.941 bits per heavy atom. The average Bonchev–Trinajstić information content (AvgIpc) is 2.42. The molecular weight excluding hydrogens is 228 g/mol. The number of hydrogen-bond acceptors (Lipinski definition) is 6. The van der Waals surface area contributed by atoms with E-state index in [1.807, 2.05) is 0 Å². The fraction of sp³-hybridized carbons (Fsp3) is 0.455. The van der Waals surface area contributed by atoms with Crippen LogP contribution in [0.1, 0.15) is 0 Å². The van der Waals surface area contributed by atoms with Crippen LogP contribution in [0, 0.1) is 5.41 Å². The third kappa shape index (κ3) is 14.7. The number of hydrogen-bond donors (Lipinski definition) is 4. The summed E-state index contributed by atoms with van der Waals surface area (Å²) in [4.78, 5) is 18.1. The van der Waals surface area contributed by atoms with E-state index in [4.69, 9.17) is 30.0 Å². The lowest BCUT2D eigenvalue weighted by molar-refractivity contribution is -0.104. The van der Waals surface area contributed by atoms with E-state index in [1.54, 1.807) is 0 Å². The van der Waals surface area contributed by atoms with Crippen molar-refractivity contribution in [2.75, 3.05) is 26.4 Å². The first-order valence-corrected chi connectivity index (χ1v) is 4.63. The Morgan fingerprint density at radius 1 is 0.765 bits per heavy atom. The quantitative estimate of drug-likeness (QED) is 0.342. The Hall–Kier alpha value is -1.34. The minimum absolute atomic E-state index is 0.406. The molecule has 0 aromatic carbocycles. The number of aliphatic hydroxyl groups is 4. The van der Waals surface area contributed by atoms with Gasteiger partial charge in [0.2, 0.25) is 0 Å². The molecule has 100 valence electrons. The first kappa shape index (κ1) is 21.0. The predicted octanol–water partition coefficient (Wildman–Crippen LogP) is -1.32. The maximum atomic E-state index is 9.06. The van der Waals surface area contributed by atoms with E-state index >= 15 is 0 Å². The zero-order valence-electron chi connectivity index (χ0n) is 9.66. The number of aliphatic hydroxyl groups excluding tert-OH is 4. The summed E-state index contributed by atoms with van der Waals surface area (Å²) in [6, 6.07) is 0. The Balaban J connectivity index is -0.000000205. The van der Waals surface area contributed by atoms with Gasteiger partial charge in [-0.25, -0.2) is 0 Å². The van der Waals surface area contributed by atoms with E-state index in [2.05, 4.69) is 13.2 Å². The fourth-order valence-electron chi connectivity index (χ4n) is 0.300. The molecule has 4 N–H and O–H groups in total.